The molecule has 0 aliphatic heterocycles. The average Bonchev–Trinajstić information content (AvgIpc) is 2.68. The predicted molar refractivity (Wildman–Crippen MR) is 79.7 cm³/mol. The van der Waals surface area contributed by atoms with E-state index >= 15 is 0 Å². The van der Waals surface area contributed by atoms with Gasteiger partial charge in [0, 0.05) is 13.5 Å². The van der Waals surface area contributed by atoms with Crippen molar-refractivity contribution in [1.82, 2.24) is 0 Å². The van der Waals surface area contributed by atoms with Gasteiger partial charge in [0.25, 0.3) is 0 Å². The summed E-state index contributed by atoms with van der Waals surface area (Å²) in [5, 5.41) is 0. The molecule has 2 saturated carbocycles. The van der Waals surface area contributed by atoms with Crippen LogP contribution >= 0.6 is 0 Å². The van der Waals surface area contributed by atoms with Crippen molar-refractivity contribution in [2.75, 3.05) is 7.11 Å². The summed E-state index contributed by atoms with van der Waals surface area (Å²) in [6.45, 7) is 0. The number of methoxy groups -OCH3 is 1. The summed E-state index contributed by atoms with van der Waals surface area (Å²) in [6.07, 6.45) is 7.51. The van der Waals surface area contributed by atoms with Crippen LogP contribution in [0, 0.1) is 5.92 Å². The summed E-state index contributed by atoms with van der Waals surface area (Å²) in [7, 11) is 1.78. The van der Waals surface area contributed by atoms with Gasteiger partial charge in [-0.1, -0.05) is 36.8 Å². The van der Waals surface area contributed by atoms with Gasteiger partial charge in [0.1, 0.15) is 5.78 Å². The lowest BCUT2D eigenvalue weighted by Crippen LogP contribution is -2.48. The molecule has 2 aliphatic rings. The fourth-order valence-corrected chi connectivity index (χ4v) is 4.34. The molecule has 2 nitrogen and oxygen atoms in total. The molecule has 2 aliphatic carbocycles. The Kier molecular flexibility index (Phi) is 3.93. The minimum Gasteiger partial charge on any atom is -0.381 e. The fraction of sp³-hybridized carbons (Fsp3) is 0.611. The van der Waals surface area contributed by atoms with Crippen molar-refractivity contribution in [2.24, 2.45) is 5.92 Å². The van der Waals surface area contributed by atoms with Crippen LogP contribution in [-0.2, 0) is 14.9 Å². The zero-order valence-electron chi connectivity index (χ0n) is 12.3. The topological polar surface area (TPSA) is 26.3 Å². The molecule has 0 unspecified atom stereocenters. The quantitative estimate of drug-likeness (QED) is 0.816. The van der Waals surface area contributed by atoms with Gasteiger partial charge in [-0.25, -0.2) is 0 Å². The van der Waals surface area contributed by atoms with Crippen LogP contribution in [0.1, 0.15) is 50.5 Å². The first-order valence-corrected chi connectivity index (χ1v) is 7.89. The van der Waals surface area contributed by atoms with Gasteiger partial charge >= 0.3 is 0 Å². The molecule has 0 heterocycles. The van der Waals surface area contributed by atoms with Crippen LogP contribution in [0.15, 0.2) is 30.3 Å². The number of carbonyl (C=O) groups is 1. The van der Waals surface area contributed by atoms with E-state index in [9.17, 15) is 4.79 Å². The fourth-order valence-electron chi connectivity index (χ4n) is 4.34. The van der Waals surface area contributed by atoms with Crippen molar-refractivity contribution in [3.8, 4) is 0 Å². The second-order valence-corrected chi connectivity index (χ2v) is 6.34. The van der Waals surface area contributed by atoms with Gasteiger partial charge in [-0.15, -0.1) is 0 Å². The highest BCUT2D eigenvalue weighted by Gasteiger charge is 2.50. The Morgan fingerprint density at radius 3 is 2.65 bits per heavy atom. The molecular weight excluding hydrogens is 248 g/mol. The number of carbonyl (C=O) groups excluding carboxylic acids is 1. The minimum atomic E-state index is -0.281. The third kappa shape index (κ3) is 2.20. The van der Waals surface area contributed by atoms with Crippen molar-refractivity contribution in [2.45, 2.75) is 56.5 Å². The van der Waals surface area contributed by atoms with Gasteiger partial charge in [-0.05, 0) is 43.6 Å². The first-order valence-electron chi connectivity index (χ1n) is 7.89. The molecule has 1 aromatic rings. The standard InChI is InChI=1S/C18H24O2/c1-20-16-12-11-15-9-5-6-10-17(19)18(15,13-16)14-7-3-2-4-8-14/h2-4,7-8,15-16H,5-6,9-13H2,1H3/t15-,16-,18-/m0/s1. The van der Waals surface area contributed by atoms with Crippen LogP contribution < -0.4 is 0 Å². The van der Waals surface area contributed by atoms with Gasteiger partial charge in [0.05, 0.1) is 11.5 Å². The average molecular weight is 272 g/mol. The third-order valence-corrected chi connectivity index (χ3v) is 5.41. The molecule has 108 valence electrons. The number of fused-ring (bicyclic) bond motifs is 1. The van der Waals surface area contributed by atoms with E-state index in [2.05, 4.69) is 24.3 Å². The monoisotopic (exact) mass is 272 g/mol. The maximum absolute atomic E-state index is 13.0. The molecule has 0 amide bonds. The van der Waals surface area contributed by atoms with E-state index in [1.165, 1.54) is 18.4 Å². The van der Waals surface area contributed by atoms with E-state index in [0.29, 0.717) is 11.7 Å². The third-order valence-electron chi connectivity index (χ3n) is 5.41. The van der Waals surface area contributed by atoms with E-state index in [-0.39, 0.29) is 11.5 Å². The Bertz CT molecular complexity index is 468. The zero-order chi connectivity index (χ0) is 14.0. The minimum absolute atomic E-state index is 0.230. The number of Topliss-reactive ketones (excluding diaryl/α,β-unsaturated/α-hetero) is 1. The molecule has 0 radical (unpaired) electrons. The number of ether oxygens (including phenoxy) is 1. The molecule has 3 atom stereocenters. The number of ketones is 1. The van der Waals surface area contributed by atoms with Gasteiger partial charge in [-0.2, -0.15) is 0 Å². The molecule has 1 aromatic carbocycles. The highest BCUT2D eigenvalue weighted by molar-refractivity contribution is 5.91. The molecule has 3 rings (SSSR count). The van der Waals surface area contributed by atoms with Crippen molar-refractivity contribution < 1.29 is 9.53 Å². The largest absolute Gasteiger partial charge is 0.381 e. The van der Waals surface area contributed by atoms with Crippen LogP contribution in [0.5, 0.6) is 0 Å². The first-order chi connectivity index (χ1) is 9.77. The summed E-state index contributed by atoms with van der Waals surface area (Å²) in [6, 6.07) is 10.5. The Labute approximate surface area is 121 Å². The molecule has 0 aromatic heterocycles. The van der Waals surface area contributed by atoms with Gasteiger partial charge in [0.2, 0.25) is 0 Å². The van der Waals surface area contributed by atoms with Crippen molar-refractivity contribution in [3.63, 3.8) is 0 Å². The van der Waals surface area contributed by atoms with Crippen LogP contribution in [0.25, 0.3) is 0 Å². The van der Waals surface area contributed by atoms with Gasteiger partial charge < -0.3 is 4.74 Å². The molecule has 2 fully saturated rings. The Morgan fingerprint density at radius 1 is 1.10 bits per heavy atom. The Hall–Kier alpha value is -1.15. The number of hydrogen-bond donors (Lipinski definition) is 0. The molecule has 0 spiro atoms. The number of benzene rings is 1. The summed E-state index contributed by atoms with van der Waals surface area (Å²) in [5.74, 6) is 0.958. The highest BCUT2D eigenvalue weighted by Crippen LogP contribution is 2.49. The van der Waals surface area contributed by atoms with E-state index in [1.54, 1.807) is 7.11 Å². The van der Waals surface area contributed by atoms with Gasteiger partial charge in [0.15, 0.2) is 0 Å². The summed E-state index contributed by atoms with van der Waals surface area (Å²) in [4.78, 5) is 13.0. The van der Waals surface area contributed by atoms with E-state index < -0.39 is 0 Å². The maximum atomic E-state index is 13.0. The lowest BCUT2D eigenvalue weighted by atomic mass is 9.59. The summed E-state index contributed by atoms with van der Waals surface area (Å²) in [5.41, 5.74) is 0.940. The molecule has 2 heteroatoms. The Balaban J connectivity index is 2.07. The molecule has 20 heavy (non-hydrogen) atoms. The summed E-state index contributed by atoms with van der Waals surface area (Å²) < 4.78 is 5.62. The number of rotatable bonds is 2. The maximum Gasteiger partial charge on any atom is 0.143 e. The van der Waals surface area contributed by atoms with E-state index in [4.69, 9.17) is 4.74 Å². The smallest absolute Gasteiger partial charge is 0.143 e. The van der Waals surface area contributed by atoms with Crippen LogP contribution in [-0.4, -0.2) is 19.0 Å². The normalized spacial score (nSPS) is 34.4. The molecule has 0 N–H and O–H groups in total. The lowest BCUT2D eigenvalue weighted by Gasteiger charge is -2.45. The number of hydrogen-bond acceptors (Lipinski definition) is 2. The van der Waals surface area contributed by atoms with Crippen LogP contribution in [0.3, 0.4) is 0 Å². The highest BCUT2D eigenvalue weighted by atomic mass is 16.5. The second kappa shape index (κ2) is 5.69. The SMILES string of the molecule is CO[C@H]1CC[C@@H]2CCCCC(=O)[C@]2(c2ccccc2)C1. The molecular formula is C18H24O2. The van der Waals surface area contributed by atoms with Crippen molar-refractivity contribution >= 4 is 5.78 Å². The Morgan fingerprint density at radius 2 is 1.90 bits per heavy atom. The lowest BCUT2D eigenvalue weighted by molar-refractivity contribution is -0.130. The van der Waals surface area contributed by atoms with Crippen molar-refractivity contribution in [3.05, 3.63) is 35.9 Å². The molecule has 0 saturated heterocycles. The van der Waals surface area contributed by atoms with Crippen LogP contribution in [0.2, 0.25) is 0 Å². The first kappa shape index (κ1) is 13.8. The second-order valence-electron chi connectivity index (χ2n) is 6.34. The predicted octanol–water partition coefficient (Wildman–Crippen LogP) is 3.88. The molecule has 0 bridgehead atoms. The van der Waals surface area contributed by atoms with Crippen LogP contribution in [0.4, 0.5) is 0 Å². The summed E-state index contributed by atoms with van der Waals surface area (Å²) >= 11 is 0. The van der Waals surface area contributed by atoms with E-state index in [0.717, 1.165) is 32.1 Å². The zero-order valence-corrected chi connectivity index (χ0v) is 12.3. The van der Waals surface area contributed by atoms with Crippen molar-refractivity contribution in [1.29, 1.82) is 0 Å². The van der Waals surface area contributed by atoms with E-state index in [1.807, 2.05) is 6.07 Å². The van der Waals surface area contributed by atoms with Gasteiger partial charge in [-0.3, -0.25) is 4.79 Å².